The van der Waals surface area contributed by atoms with Gasteiger partial charge in [0.05, 0.1) is 5.75 Å². The standard InChI is InChI=1S/C10H22N2O2S/c1-3-15(13,14)8-4-6-11-10-5-7-12(2)9-10/h10-11H,3-9H2,1-2H3. The lowest BCUT2D eigenvalue weighted by Crippen LogP contribution is -2.33. The summed E-state index contributed by atoms with van der Waals surface area (Å²) in [4.78, 5) is 2.29. The van der Waals surface area contributed by atoms with Crippen LogP contribution >= 0.6 is 0 Å². The van der Waals surface area contributed by atoms with E-state index in [0.29, 0.717) is 11.8 Å². The van der Waals surface area contributed by atoms with E-state index in [2.05, 4.69) is 17.3 Å². The second-order valence-electron chi connectivity index (χ2n) is 4.29. The van der Waals surface area contributed by atoms with Crippen LogP contribution in [0.2, 0.25) is 0 Å². The van der Waals surface area contributed by atoms with Gasteiger partial charge in [0.2, 0.25) is 0 Å². The maximum absolute atomic E-state index is 11.2. The number of likely N-dealkylation sites (tertiary alicyclic amines) is 1. The van der Waals surface area contributed by atoms with Gasteiger partial charge in [0.15, 0.2) is 0 Å². The van der Waals surface area contributed by atoms with Crippen molar-refractivity contribution in [3.8, 4) is 0 Å². The summed E-state index contributed by atoms with van der Waals surface area (Å²) in [6.07, 6.45) is 1.91. The molecule has 1 aliphatic heterocycles. The average Bonchev–Trinajstić information content (AvgIpc) is 2.59. The molecule has 1 N–H and O–H groups in total. The third-order valence-electron chi connectivity index (χ3n) is 2.90. The van der Waals surface area contributed by atoms with Gasteiger partial charge in [0, 0.05) is 18.3 Å². The van der Waals surface area contributed by atoms with Gasteiger partial charge in [-0.3, -0.25) is 0 Å². The van der Waals surface area contributed by atoms with Crippen LogP contribution in [0.1, 0.15) is 19.8 Å². The van der Waals surface area contributed by atoms with Crippen LogP contribution in [0.5, 0.6) is 0 Å². The number of likely N-dealkylation sites (N-methyl/N-ethyl adjacent to an activating group) is 1. The third kappa shape index (κ3) is 4.95. The van der Waals surface area contributed by atoms with E-state index in [9.17, 15) is 8.42 Å². The summed E-state index contributed by atoms with van der Waals surface area (Å²) in [5.74, 6) is 0.582. The topological polar surface area (TPSA) is 49.4 Å². The summed E-state index contributed by atoms with van der Waals surface area (Å²) < 4.78 is 22.4. The summed E-state index contributed by atoms with van der Waals surface area (Å²) >= 11 is 0. The molecule has 0 aromatic heterocycles. The highest BCUT2D eigenvalue weighted by atomic mass is 32.2. The Balaban J connectivity index is 2.07. The predicted octanol–water partition coefficient (Wildman–Crippen LogP) is 0.105. The van der Waals surface area contributed by atoms with Crippen molar-refractivity contribution >= 4 is 9.84 Å². The molecule has 1 heterocycles. The molecule has 15 heavy (non-hydrogen) atoms. The first-order chi connectivity index (χ1) is 7.03. The van der Waals surface area contributed by atoms with E-state index in [4.69, 9.17) is 0 Å². The third-order valence-corrected chi connectivity index (χ3v) is 4.69. The first kappa shape index (κ1) is 12.9. The zero-order valence-corrected chi connectivity index (χ0v) is 10.5. The highest BCUT2D eigenvalue weighted by Crippen LogP contribution is 2.05. The smallest absolute Gasteiger partial charge is 0.150 e. The SMILES string of the molecule is CCS(=O)(=O)CCCNC1CCN(C)C1. The van der Waals surface area contributed by atoms with E-state index in [-0.39, 0.29) is 5.75 Å². The molecule has 1 atom stereocenters. The first-order valence-electron chi connectivity index (χ1n) is 5.66. The number of nitrogens with one attached hydrogen (secondary N) is 1. The molecule has 0 amide bonds. The first-order valence-corrected chi connectivity index (χ1v) is 7.48. The quantitative estimate of drug-likeness (QED) is 0.663. The molecule has 1 unspecified atom stereocenters. The summed E-state index contributed by atoms with van der Waals surface area (Å²) in [5.41, 5.74) is 0. The van der Waals surface area contributed by atoms with Gasteiger partial charge in [-0.15, -0.1) is 0 Å². The van der Waals surface area contributed by atoms with E-state index in [1.165, 1.54) is 6.42 Å². The fourth-order valence-corrected chi connectivity index (χ4v) is 2.72. The molecule has 0 aliphatic carbocycles. The Hall–Kier alpha value is -0.130. The summed E-state index contributed by atoms with van der Waals surface area (Å²) in [6.45, 7) is 4.75. The molecule has 0 spiro atoms. The number of hydrogen-bond acceptors (Lipinski definition) is 4. The molecule has 1 aliphatic rings. The average molecular weight is 234 g/mol. The minimum absolute atomic E-state index is 0.263. The van der Waals surface area contributed by atoms with Gasteiger partial charge < -0.3 is 10.2 Å². The number of hydrogen-bond donors (Lipinski definition) is 1. The van der Waals surface area contributed by atoms with Crippen molar-refractivity contribution in [2.45, 2.75) is 25.8 Å². The molecular formula is C10H22N2O2S. The van der Waals surface area contributed by atoms with Crippen molar-refractivity contribution in [1.29, 1.82) is 0 Å². The van der Waals surface area contributed by atoms with Gasteiger partial charge >= 0.3 is 0 Å². The molecule has 0 aromatic rings. The molecule has 4 nitrogen and oxygen atoms in total. The van der Waals surface area contributed by atoms with E-state index in [1.54, 1.807) is 6.92 Å². The van der Waals surface area contributed by atoms with Gasteiger partial charge in [0.25, 0.3) is 0 Å². The van der Waals surface area contributed by atoms with Crippen LogP contribution in [0, 0.1) is 0 Å². The fraction of sp³-hybridized carbons (Fsp3) is 1.00. The molecule has 0 aromatic carbocycles. The van der Waals surface area contributed by atoms with Crippen LogP contribution in [0.3, 0.4) is 0 Å². The second-order valence-corrected chi connectivity index (χ2v) is 6.76. The lowest BCUT2D eigenvalue weighted by atomic mass is 10.2. The lowest BCUT2D eigenvalue weighted by Gasteiger charge is -2.12. The van der Waals surface area contributed by atoms with E-state index in [0.717, 1.165) is 26.1 Å². The van der Waals surface area contributed by atoms with Crippen molar-refractivity contribution in [3.63, 3.8) is 0 Å². The summed E-state index contributed by atoms with van der Waals surface area (Å²) in [5, 5.41) is 3.40. The van der Waals surface area contributed by atoms with Crippen LogP contribution in [0.15, 0.2) is 0 Å². The van der Waals surface area contributed by atoms with Gasteiger partial charge in [-0.1, -0.05) is 6.92 Å². The van der Waals surface area contributed by atoms with Crippen LogP contribution in [0.4, 0.5) is 0 Å². The largest absolute Gasteiger partial charge is 0.313 e. The van der Waals surface area contributed by atoms with Crippen LogP contribution < -0.4 is 5.32 Å². The zero-order chi connectivity index (χ0) is 11.3. The van der Waals surface area contributed by atoms with E-state index < -0.39 is 9.84 Å². The maximum Gasteiger partial charge on any atom is 0.150 e. The molecule has 5 heteroatoms. The van der Waals surface area contributed by atoms with Crippen LogP contribution in [-0.2, 0) is 9.84 Å². The lowest BCUT2D eigenvalue weighted by molar-refractivity contribution is 0.398. The van der Waals surface area contributed by atoms with Crippen molar-refractivity contribution in [2.24, 2.45) is 0 Å². The Morgan fingerprint density at radius 1 is 1.47 bits per heavy atom. The van der Waals surface area contributed by atoms with Gasteiger partial charge in [0.1, 0.15) is 9.84 Å². The predicted molar refractivity (Wildman–Crippen MR) is 62.8 cm³/mol. The Labute approximate surface area is 93.0 Å². The minimum atomic E-state index is -2.78. The molecule has 1 fully saturated rings. The highest BCUT2D eigenvalue weighted by Gasteiger charge is 2.18. The molecule has 0 radical (unpaired) electrons. The second kappa shape index (κ2) is 5.82. The Kier molecular flexibility index (Phi) is 5.02. The molecule has 1 rings (SSSR count). The molecule has 90 valence electrons. The molecule has 0 bridgehead atoms. The van der Waals surface area contributed by atoms with Crippen molar-refractivity contribution in [2.75, 3.05) is 38.2 Å². The molecule has 1 saturated heterocycles. The maximum atomic E-state index is 11.2. The van der Waals surface area contributed by atoms with Crippen LogP contribution in [-0.4, -0.2) is 57.5 Å². The fourth-order valence-electron chi connectivity index (χ4n) is 1.84. The van der Waals surface area contributed by atoms with Crippen LogP contribution in [0.25, 0.3) is 0 Å². The monoisotopic (exact) mass is 234 g/mol. The molecular weight excluding hydrogens is 212 g/mol. The number of sulfone groups is 1. The van der Waals surface area contributed by atoms with Crippen molar-refractivity contribution in [1.82, 2.24) is 10.2 Å². The Bertz CT molecular complexity index is 277. The van der Waals surface area contributed by atoms with Gasteiger partial charge in [-0.05, 0) is 33.0 Å². The normalized spacial score (nSPS) is 23.5. The van der Waals surface area contributed by atoms with E-state index in [1.807, 2.05) is 0 Å². The number of nitrogens with zero attached hydrogens (tertiary/aromatic N) is 1. The van der Waals surface area contributed by atoms with Crippen molar-refractivity contribution in [3.05, 3.63) is 0 Å². The Morgan fingerprint density at radius 2 is 2.20 bits per heavy atom. The summed E-state index contributed by atoms with van der Waals surface area (Å²) in [7, 11) is -0.662. The number of rotatable bonds is 6. The molecule has 0 saturated carbocycles. The van der Waals surface area contributed by atoms with Gasteiger partial charge in [-0.2, -0.15) is 0 Å². The highest BCUT2D eigenvalue weighted by molar-refractivity contribution is 7.91. The zero-order valence-electron chi connectivity index (χ0n) is 9.70. The summed E-state index contributed by atoms with van der Waals surface area (Å²) in [6, 6.07) is 0.555. The van der Waals surface area contributed by atoms with Crippen molar-refractivity contribution < 1.29 is 8.42 Å². The van der Waals surface area contributed by atoms with Gasteiger partial charge in [-0.25, -0.2) is 8.42 Å². The Morgan fingerprint density at radius 3 is 2.73 bits per heavy atom. The van der Waals surface area contributed by atoms with E-state index >= 15 is 0 Å². The minimum Gasteiger partial charge on any atom is -0.313 e.